The van der Waals surface area contributed by atoms with E-state index in [9.17, 15) is 5.11 Å². The first-order valence-electron chi connectivity index (χ1n) is 5.85. The quantitative estimate of drug-likeness (QED) is 0.843. The molecule has 0 amide bonds. The van der Waals surface area contributed by atoms with Gasteiger partial charge in [-0.2, -0.15) is 0 Å². The van der Waals surface area contributed by atoms with Crippen molar-refractivity contribution in [3.63, 3.8) is 0 Å². The van der Waals surface area contributed by atoms with Crippen LogP contribution in [0.3, 0.4) is 0 Å². The monoisotopic (exact) mass is 301 g/mol. The van der Waals surface area contributed by atoms with Gasteiger partial charge in [-0.3, -0.25) is 0 Å². The van der Waals surface area contributed by atoms with Gasteiger partial charge < -0.3 is 10.0 Å². The number of thioether (sulfide) groups is 1. The molecule has 1 heterocycles. The van der Waals surface area contributed by atoms with E-state index in [0.717, 1.165) is 9.88 Å². The Hall–Kier alpha value is -0.290. The molecule has 2 rings (SSSR count). The van der Waals surface area contributed by atoms with E-state index in [1.807, 2.05) is 37.8 Å². The van der Waals surface area contributed by atoms with Crippen LogP contribution >= 0.6 is 35.6 Å². The molecular weight excluding hydrogens is 286 g/mol. The van der Waals surface area contributed by atoms with Crippen molar-refractivity contribution >= 4 is 39.9 Å². The van der Waals surface area contributed by atoms with Gasteiger partial charge in [-0.05, 0) is 32.9 Å². The Kier molecular flexibility index (Phi) is 3.93. The third kappa shape index (κ3) is 2.16. The zero-order chi connectivity index (χ0) is 13.5. The number of nitrogens with zero attached hydrogens (tertiary/aromatic N) is 1. The Morgan fingerprint density at radius 1 is 1.39 bits per heavy atom. The highest BCUT2D eigenvalue weighted by molar-refractivity contribution is 8.23. The van der Waals surface area contributed by atoms with E-state index in [4.69, 9.17) is 23.8 Å². The van der Waals surface area contributed by atoms with Crippen molar-refractivity contribution < 1.29 is 5.11 Å². The molecule has 18 heavy (non-hydrogen) atoms. The first-order valence-corrected chi connectivity index (χ1v) is 7.52. The fraction of sp³-hybridized carbons (Fsp3) is 0.462. The molecule has 2 atom stereocenters. The van der Waals surface area contributed by atoms with Crippen LogP contribution in [0.1, 0.15) is 26.3 Å². The fourth-order valence-electron chi connectivity index (χ4n) is 2.30. The first-order chi connectivity index (χ1) is 8.37. The maximum atomic E-state index is 11.1. The molecule has 0 saturated carbocycles. The molecule has 5 heteroatoms. The summed E-state index contributed by atoms with van der Waals surface area (Å²) in [5.74, 6) is 0. The Morgan fingerprint density at radius 2 is 1.94 bits per heavy atom. The second-order valence-electron chi connectivity index (χ2n) is 4.72. The van der Waals surface area contributed by atoms with E-state index in [0.29, 0.717) is 5.02 Å². The Balaban J connectivity index is 2.49. The number of rotatable bonds is 2. The summed E-state index contributed by atoms with van der Waals surface area (Å²) in [5.41, 5.74) is -0.221. The minimum Gasteiger partial charge on any atom is -0.366 e. The number of hydrogen-bond donors (Lipinski definition) is 1. The Morgan fingerprint density at radius 3 is 2.44 bits per heavy atom. The van der Waals surface area contributed by atoms with Crippen LogP contribution in [0, 0.1) is 0 Å². The summed E-state index contributed by atoms with van der Waals surface area (Å²) in [6.45, 7) is 6.06. The van der Waals surface area contributed by atoms with Crippen LogP contribution in [-0.2, 0) is 5.72 Å². The van der Waals surface area contributed by atoms with Crippen LogP contribution in [0.4, 0.5) is 0 Å². The summed E-state index contributed by atoms with van der Waals surface area (Å²) in [4.78, 5) is 1.90. The molecule has 0 radical (unpaired) electrons. The molecule has 1 aliphatic heterocycles. The van der Waals surface area contributed by atoms with Gasteiger partial charge in [0.1, 0.15) is 4.32 Å². The molecule has 1 aromatic rings. The largest absolute Gasteiger partial charge is 0.366 e. The van der Waals surface area contributed by atoms with Crippen LogP contribution in [-0.4, -0.2) is 25.6 Å². The second kappa shape index (κ2) is 5.00. The number of hydrogen-bond acceptors (Lipinski definition) is 3. The number of thiocarbonyl (C=S) groups is 1. The van der Waals surface area contributed by atoms with E-state index in [1.54, 1.807) is 12.1 Å². The van der Waals surface area contributed by atoms with Gasteiger partial charge in [0.2, 0.25) is 0 Å². The molecule has 0 spiro atoms. The summed E-state index contributed by atoms with van der Waals surface area (Å²) < 4.78 is 0.745. The lowest BCUT2D eigenvalue weighted by atomic mass is 9.97. The van der Waals surface area contributed by atoms with E-state index in [2.05, 4.69) is 0 Å². The third-order valence-electron chi connectivity index (χ3n) is 3.19. The van der Waals surface area contributed by atoms with Crippen molar-refractivity contribution in [2.45, 2.75) is 37.8 Å². The maximum Gasteiger partial charge on any atom is 0.177 e. The van der Waals surface area contributed by atoms with Crippen LogP contribution in [0.25, 0.3) is 0 Å². The van der Waals surface area contributed by atoms with Gasteiger partial charge in [0.25, 0.3) is 0 Å². The first kappa shape index (κ1) is 14.1. The lowest BCUT2D eigenvalue weighted by Gasteiger charge is -2.39. The molecule has 1 fully saturated rings. The second-order valence-corrected chi connectivity index (χ2v) is 7.13. The van der Waals surface area contributed by atoms with E-state index in [-0.39, 0.29) is 11.3 Å². The zero-order valence-electron chi connectivity index (χ0n) is 10.6. The summed E-state index contributed by atoms with van der Waals surface area (Å²) in [6.07, 6.45) is 0. The van der Waals surface area contributed by atoms with Crippen molar-refractivity contribution in [3.8, 4) is 0 Å². The number of benzene rings is 1. The zero-order valence-corrected chi connectivity index (χ0v) is 12.9. The van der Waals surface area contributed by atoms with Gasteiger partial charge in [-0.15, -0.1) is 0 Å². The summed E-state index contributed by atoms with van der Waals surface area (Å²) >= 11 is 12.8. The minimum atomic E-state index is -1.06. The molecule has 0 aliphatic carbocycles. The molecular formula is C13H16ClNOS2. The minimum absolute atomic E-state index is 0.00595. The van der Waals surface area contributed by atoms with E-state index in [1.165, 1.54) is 11.8 Å². The molecule has 98 valence electrons. The highest BCUT2D eigenvalue weighted by atomic mass is 35.5. The Labute approximate surface area is 122 Å². The topological polar surface area (TPSA) is 23.5 Å². The van der Waals surface area contributed by atoms with E-state index >= 15 is 0 Å². The average Bonchev–Trinajstić information content (AvgIpc) is 2.51. The molecule has 1 saturated heterocycles. The molecule has 2 unspecified atom stereocenters. The van der Waals surface area contributed by atoms with Crippen LogP contribution in [0.15, 0.2) is 24.3 Å². The van der Waals surface area contributed by atoms with Gasteiger partial charge in [0.15, 0.2) is 5.72 Å². The van der Waals surface area contributed by atoms with Crippen LogP contribution < -0.4 is 0 Å². The van der Waals surface area contributed by atoms with Crippen molar-refractivity contribution in [1.82, 2.24) is 4.90 Å². The van der Waals surface area contributed by atoms with Crippen molar-refractivity contribution in [2.75, 3.05) is 0 Å². The van der Waals surface area contributed by atoms with Gasteiger partial charge >= 0.3 is 0 Å². The molecule has 0 bridgehead atoms. The standard InChI is InChI=1S/C13H16ClNOS2/c1-8(2)15-12(17)18-9(3)13(15,16)10-4-6-11(14)7-5-10/h4-9,16H,1-3H3. The van der Waals surface area contributed by atoms with Crippen molar-refractivity contribution in [1.29, 1.82) is 0 Å². The average molecular weight is 302 g/mol. The number of aliphatic hydroxyl groups is 1. The van der Waals surface area contributed by atoms with Gasteiger partial charge in [0.05, 0.1) is 5.25 Å². The molecule has 0 aromatic heterocycles. The lowest BCUT2D eigenvalue weighted by Crippen LogP contribution is -2.50. The van der Waals surface area contributed by atoms with Crippen molar-refractivity contribution in [3.05, 3.63) is 34.9 Å². The fourth-order valence-corrected chi connectivity index (χ4v) is 4.39. The number of halogens is 1. The Bertz CT molecular complexity index is 463. The smallest absolute Gasteiger partial charge is 0.177 e. The van der Waals surface area contributed by atoms with Gasteiger partial charge in [-0.1, -0.05) is 47.7 Å². The van der Waals surface area contributed by atoms with Crippen molar-refractivity contribution in [2.24, 2.45) is 0 Å². The van der Waals surface area contributed by atoms with Gasteiger partial charge in [-0.25, -0.2) is 0 Å². The normalized spacial score (nSPS) is 28.2. The molecule has 1 aliphatic rings. The molecule has 1 aromatic carbocycles. The molecule has 2 nitrogen and oxygen atoms in total. The van der Waals surface area contributed by atoms with Gasteiger partial charge in [0, 0.05) is 16.6 Å². The maximum absolute atomic E-state index is 11.1. The predicted octanol–water partition coefficient (Wildman–Crippen LogP) is 3.62. The SMILES string of the molecule is CC(C)N1C(=S)SC(C)C1(O)c1ccc(Cl)cc1. The summed E-state index contributed by atoms with van der Waals surface area (Å²) in [7, 11) is 0. The lowest BCUT2D eigenvalue weighted by molar-refractivity contribution is -0.0789. The van der Waals surface area contributed by atoms with Crippen LogP contribution in [0.2, 0.25) is 5.02 Å². The molecule has 1 N–H and O–H groups in total. The van der Waals surface area contributed by atoms with Crippen LogP contribution in [0.5, 0.6) is 0 Å². The third-order valence-corrected chi connectivity index (χ3v) is 5.01. The summed E-state index contributed by atoms with van der Waals surface area (Å²) in [6, 6.07) is 7.47. The van der Waals surface area contributed by atoms with E-state index < -0.39 is 5.72 Å². The highest BCUT2D eigenvalue weighted by Gasteiger charge is 2.50. The highest BCUT2D eigenvalue weighted by Crippen LogP contribution is 2.46. The summed E-state index contributed by atoms with van der Waals surface area (Å²) in [5, 5.41) is 11.8. The predicted molar refractivity (Wildman–Crippen MR) is 82.0 cm³/mol.